The number of hydrogen-bond acceptors (Lipinski definition) is 2. The van der Waals surface area contributed by atoms with E-state index in [0.29, 0.717) is 6.07 Å². The maximum absolute atomic E-state index is 13.5. The molecule has 7 heteroatoms. The number of carbonyl (C=O) groups excluding carboxylic acids is 1. The van der Waals surface area contributed by atoms with Crippen LogP contribution in [0.25, 0.3) is 0 Å². The molecule has 0 heterocycles. The monoisotopic (exact) mass is 331 g/mol. The lowest BCUT2D eigenvalue weighted by Gasteiger charge is -2.12. The zero-order valence-corrected chi connectivity index (χ0v) is 12.2. The van der Waals surface area contributed by atoms with E-state index >= 15 is 0 Å². The summed E-state index contributed by atoms with van der Waals surface area (Å²) in [5.74, 6) is -2.29. The van der Waals surface area contributed by atoms with Crippen molar-refractivity contribution in [2.75, 3.05) is 12.4 Å². The van der Waals surface area contributed by atoms with Crippen LogP contribution in [0.3, 0.4) is 0 Å². The molecule has 0 aromatic heterocycles. The minimum absolute atomic E-state index is 0.0320. The summed E-state index contributed by atoms with van der Waals surface area (Å²) in [7, 11) is 1.33. The van der Waals surface area contributed by atoms with Gasteiger partial charge in [0.15, 0.2) is 5.75 Å². The van der Waals surface area contributed by atoms with E-state index in [9.17, 15) is 13.6 Å². The van der Waals surface area contributed by atoms with Crippen LogP contribution in [0.4, 0.5) is 14.5 Å². The van der Waals surface area contributed by atoms with E-state index in [-0.39, 0.29) is 27.0 Å². The van der Waals surface area contributed by atoms with Gasteiger partial charge in [0.05, 0.1) is 22.8 Å². The topological polar surface area (TPSA) is 38.3 Å². The molecule has 0 spiro atoms. The Balaban J connectivity index is 2.39. The van der Waals surface area contributed by atoms with Gasteiger partial charge in [0.1, 0.15) is 17.2 Å². The van der Waals surface area contributed by atoms with Crippen molar-refractivity contribution in [3.63, 3.8) is 0 Å². The number of benzene rings is 2. The third-order valence-electron chi connectivity index (χ3n) is 2.67. The standard InChI is InChI=1S/C14H9Cl2F2NO2/c1-21-13-9(16)4-3-8(15)12(13)14(20)19-11-5-2-7(17)6-10(11)18/h2-6H,1H3,(H,19,20). The van der Waals surface area contributed by atoms with E-state index in [1.807, 2.05) is 0 Å². The van der Waals surface area contributed by atoms with Crippen molar-refractivity contribution in [2.24, 2.45) is 0 Å². The van der Waals surface area contributed by atoms with Gasteiger partial charge < -0.3 is 10.1 Å². The minimum Gasteiger partial charge on any atom is -0.494 e. The van der Waals surface area contributed by atoms with Gasteiger partial charge in [-0.15, -0.1) is 0 Å². The normalized spacial score (nSPS) is 10.3. The van der Waals surface area contributed by atoms with E-state index in [0.717, 1.165) is 12.1 Å². The number of hydrogen-bond donors (Lipinski definition) is 1. The molecule has 21 heavy (non-hydrogen) atoms. The second-order valence-corrected chi connectivity index (χ2v) is 4.83. The zero-order valence-electron chi connectivity index (χ0n) is 10.7. The van der Waals surface area contributed by atoms with Crippen molar-refractivity contribution in [1.82, 2.24) is 0 Å². The van der Waals surface area contributed by atoms with Gasteiger partial charge in [0.25, 0.3) is 5.91 Å². The summed E-state index contributed by atoms with van der Waals surface area (Å²) in [6.45, 7) is 0. The van der Waals surface area contributed by atoms with Crippen LogP contribution in [0.1, 0.15) is 10.4 Å². The molecule has 0 saturated heterocycles. The average molecular weight is 332 g/mol. The predicted octanol–water partition coefficient (Wildman–Crippen LogP) is 4.53. The van der Waals surface area contributed by atoms with Crippen molar-refractivity contribution in [2.45, 2.75) is 0 Å². The van der Waals surface area contributed by atoms with Gasteiger partial charge in [-0.2, -0.15) is 0 Å². The van der Waals surface area contributed by atoms with Crippen molar-refractivity contribution in [1.29, 1.82) is 0 Å². The van der Waals surface area contributed by atoms with Gasteiger partial charge in [0, 0.05) is 6.07 Å². The van der Waals surface area contributed by atoms with Crippen LogP contribution in [-0.2, 0) is 0 Å². The van der Waals surface area contributed by atoms with Crippen LogP contribution in [-0.4, -0.2) is 13.0 Å². The number of rotatable bonds is 3. The lowest BCUT2D eigenvalue weighted by atomic mass is 10.1. The van der Waals surface area contributed by atoms with Crippen molar-refractivity contribution in [3.8, 4) is 5.75 Å². The van der Waals surface area contributed by atoms with Gasteiger partial charge in [0.2, 0.25) is 0 Å². The van der Waals surface area contributed by atoms with Crippen molar-refractivity contribution >= 4 is 34.8 Å². The first kappa shape index (κ1) is 15.5. The molecule has 0 aliphatic heterocycles. The maximum Gasteiger partial charge on any atom is 0.261 e. The number of ether oxygens (including phenoxy) is 1. The molecule has 0 aliphatic carbocycles. The Hall–Kier alpha value is -1.85. The molecule has 2 aromatic rings. The van der Waals surface area contributed by atoms with Crippen LogP contribution in [0.5, 0.6) is 5.75 Å². The lowest BCUT2D eigenvalue weighted by molar-refractivity contribution is 0.102. The highest BCUT2D eigenvalue weighted by molar-refractivity contribution is 6.37. The summed E-state index contributed by atoms with van der Waals surface area (Å²) in [6.07, 6.45) is 0. The van der Waals surface area contributed by atoms with E-state index < -0.39 is 17.5 Å². The van der Waals surface area contributed by atoms with E-state index in [1.54, 1.807) is 0 Å². The van der Waals surface area contributed by atoms with Gasteiger partial charge in [-0.3, -0.25) is 4.79 Å². The number of halogens is 4. The Labute approximate surface area is 129 Å². The van der Waals surface area contributed by atoms with Crippen molar-refractivity contribution < 1.29 is 18.3 Å². The molecule has 0 aliphatic rings. The molecule has 110 valence electrons. The summed E-state index contributed by atoms with van der Waals surface area (Å²) in [4.78, 5) is 12.2. The fraction of sp³-hybridized carbons (Fsp3) is 0.0714. The molecule has 2 rings (SSSR count). The van der Waals surface area contributed by atoms with Crippen LogP contribution in [0.15, 0.2) is 30.3 Å². The largest absolute Gasteiger partial charge is 0.494 e. The average Bonchev–Trinajstić information content (AvgIpc) is 2.43. The van der Waals surface area contributed by atoms with Gasteiger partial charge in [-0.05, 0) is 24.3 Å². The molecule has 1 amide bonds. The fourth-order valence-electron chi connectivity index (χ4n) is 1.72. The third kappa shape index (κ3) is 3.25. The highest BCUT2D eigenvalue weighted by atomic mass is 35.5. The molecule has 0 radical (unpaired) electrons. The minimum atomic E-state index is -0.902. The Morgan fingerprint density at radius 2 is 1.81 bits per heavy atom. The molecule has 0 unspecified atom stereocenters. The molecule has 2 aromatic carbocycles. The Bertz CT molecular complexity index is 708. The molecular formula is C14H9Cl2F2NO2. The summed E-state index contributed by atoms with van der Waals surface area (Å²) in [5.41, 5.74) is -0.213. The second kappa shape index (κ2) is 6.28. The van der Waals surface area contributed by atoms with E-state index in [1.165, 1.54) is 19.2 Å². The van der Waals surface area contributed by atoms with Crippen LogP contribution in [0, 0.1) is 11.6 Å². The van der Waals surface area contributed by atoms with E-state index in [2.05, 4.69) is 5.32 Å². The van der Waals surface area contributed by atoms with Crippen LogP contribution < -0.4 is 10.1 Å². The summed E-state index contributed by atoms with van der Waals surface area (Å²) in [5, 5.41) is 2.57. The highest BCUT2D eigenvalue weighted by Gasteiger charge is 2.20. The predicted molar refractivity (Wildman–Crippen MR) is 77.3 cm³/mol. The Morgan fingerprint density at radius 1 is 1.14 bits per heavy atom. The van der Waals surface area contributed by atoms with Crippen LogP contribution >= 0.6 is 23.2 Å². The molecule has 1 N–H and O–H groups in total. The molecule has 0 saturated carbocycles. The number of carbonyl (C=O) groups is 1. The molecule has 0 bridgehead atoms. The number of amides is 1. The van der Waals surface area contributed by atoms with Crippen molar-refractivity contribution in [3.05, 3.63) is 57.6 Å². The molecule has 0 atom stereocenters. The quantitative estimate of drug-likeness (QED) is 0.897. The first-order valence-corrected chi connectivity index (χ1v) is 6.48. The molecule has 3 nitrogen and oxygen atoms in total. The number of anilines is 1. The Kier molecular flexibility index (Phi) is 4.65. The fourth-order valence-corrected chi connectivity index (χ4v) is 2.19. The number of nitrogens with one attached hydrogen (secondary N) is 1. The molecule has 0 fully saturated rings. The first-order chi connectivity index (χ1) is 9.93. The molecular weight excluding hydrogens is 323 g/mol. The van der Waals surface area contributed by atoms with Crippen LogP contribution in [0.2, 0.25) is 10.0 Å². The maximum atomic E-state index is 13.5. The summed E-state index contributed by atoms with van der Waals surface area (Å²) < 4.78 is 31.4. The second-order valence-electron chi connectivity index (χ2n) is 4.02. The first-order valence-electron chi connectivity index (χ1n) is 5.72. The van der Waals surface area contributed by atoms with Gasteiger partial charge in [-0.1, -0.05) is 23.2 Å². The highest BCUT2D eigenvalue weighted by Crippen LogP contribution is 2.34. The Morgan fingerprint density at radius 3 is 2.43 bits per heavy atom. The van der Waals surface area contributed by atoms with Gasteiger partial charge in [-0.25, -0.2) is 8.78 Å². The third-order valence-corrected chi connectivity index (χ3v) is 3.28. The lowest BCUT2D eigenvalue weighted by Crippen LogP contribution is -2.15. The summed E-state index contributed by atoms with van der Waals surface area (Å²) >= 11 is 11.9. The zero-order chi connectivity index (χ0) is 15.6. The summed E-state index contributed by atoms with van der Waals surface area (Å²) in [6, 6.07) is 5.68. The number of methoxy groups -OCH3 is 1. The van der Waals surface area contributed by atoms with E-state index in [4.69, 9.17) is 27.9 Å². The van der Waals surface area contributed by atoms with Gasteiger partial charge >= 0.3 is 0 Å². The SMILES string of the molecule is COc1c(Cl)ccc(Cl)c1C(=O)Nc1ccc(F)cc1F. The smallest absolute Gasteiger partial charge is 0.261 e.